The minimum atomic E-state index is -0.699. The number of nitrogens with zero attached hydrogens (tertiary/aromatic N) is 1. The normalized spacial score (nSPS) is 21.0. The number of carbonyl (C=O) groups excluding carboxylic acids is 2. The summed E-state index contributed by atoms with van der Waals surface area (Å²) >= 11 is 0. The molecule has 1 unspecified atom stereocenters. The predicted octanol–water partition coefficient (Wildman–Crippen LogP) is 5.03. The number of nitrogens with one attached hydrogen (secondary N) is 2. The lowest BCUT2D eigenvalue weighted by Gasteiger charge is -2.45. The fourth-order valence-electron chi connectivity index (χ4n) is 4.98. The van der Waals surface area contributed by atoms with Gasteiger partial charge in [-0.2, -0.15) is 0 Å². The van der Waals surface area contributed by atoms with Crippen LogP contribution in [0.5, 0.6) is 0 Å². The Bertz CT molecular complexity index is 988. The number of ether oxygens (including phenoxy) is 1. The molecule has 0 aliphatic heterocycles. The van der Waals surface area contributed by atoms with Gasteiger partial charge >= 0.3 is 6.09 Å². The fourth-order valence-corrected chi connectivity index (χ4v) is 4.98. The number of hydrogen-bond donors (Lipinski definition) is 2. The van der Waals surface area contributed by atoms with Gasteiger partial charge < -0.3 is 20.3 Å². The topological polar surface area (TPSA) is 70.7 Å². The molecular weight excluding hydrogens is 450 g/mol. The van der Waals surface area contributed by atoms with Gasteiger partial charge in [-0.05, 0) is 85.0 Å². The van der Waals surface area contributed by atoms with E-state index in [-0.39, 0.29) is 17.5 Å². The summed E-state index contributed by atoms with van der Waals surface area (Å²) in [7, 11) is 4.32. The van der Waals surface area contributed by atoms with Crippen LogP contribution in [0.2, 0.25) is 0 Å². The first kappa shape index (κ1) is 27.7. The Hall–Kier alpha value is -2.86. The van der Waals surface area contributed by atoms with Crippen molar-refractivity contribution >= 4 is 12.0 Å². The number of rotatable bonds is 8. The molecule has 2 aromatic rings. The molecule has 36 heavy (non-hydrogen) atoms. The van der Waals surface area contributed by atoms with Crippen molar-refractivity contribution in [1.29, 1.82) is 0 Å². The van der Waals surface area contributed by atoms with Crippen molar-refractivity contribution in [3.63, 3.8) is 0 Å². The van der Waals surface area contributed by atoms with Crippen LogP contribution in [0.25, 0.3) is 0 Å². The standard InChI is InChI=1S/C30H43N3O3/c1-22-12-14-24(15-13-22)21-30(33(5)6)18-16-25(17-19-30)31-27(34)26(20-23-10-8-7-9-11-23)32-28(35)36-29(2,3)4/h7-15,25-26H,16-21H2,1-6H3,(H,31,34)(H,32,35). The monoisotopic (exact) mass is 493 g/mol. The van der Waals surface area contributed by atoms with Crippen LogP contribution in [0.1, 0.15) is 63.1 Å². The van der Waals surface area contributed by atoms with Crippen LogP contribution in [-0.4, -0.2) is 54.2 Å². The smallest absolute Gasteiger partial charge is 0.408 e. The number of aryl methyl sites for hydroxylation is 1. The van der Waals surface area contributed by atoms with E-state index in [4.69, 9.17) is 4.74 Å². The molecule has 6 nitrogen and oxygen atoms in total. The largest absolute Gasteiger partial charge is 0.444 e. The number of likely N-dealkylation sites (N-methyl/N-ethyl adjacent to an activating group) is 1. The first-order valence-electron chi connectivity index (χ1n) is 13.0. The molecule has 0 heterocycles. The van der Waals surface area contributed by atoms with Crippen LogP contribution in [0.3, 0.4) is 0 Å². The maximum atomic E-state index is 13.3. The van der Waals surface area contributed by atoms with E-state index in [1.165, 1.54) is 11.1 Å². The molecule has 0 spiro atoms. The quantitative estimate of drug-likeness (QED) is 0.541. The Kier molecular flexibility index (Phi) is 9.18. The zero-order chi connectivity index (χ0) is 26.3. The Balaban J connectivity index is 1.64. The highest BCUT2D eigenvalue weighted by atomic mass is 16.6. The third-order valence-electron chi connectivity index (χ3n) is 7.16. The third-order valence-corrected chi connectivity index (χ3v) is 7.16. The summed E-state index contributed by atoms with van der Waals surface area (Å²) in [5.74, 6) is -0.161. The van der Waals surface area contributed by atoms with Gasteiger partial charge in [0.25, 0.3) is 0 Å². The number of carbonyl (C=O) groups is 2. The minimum absolute atomic E-state index is 0.0781. The van der Waals surface area contributed by atoms with Gasteiger partial charge in [0, 0.05) is 18.0 Å². The molecule has 2 N–H and O–H groups in total. The minimum Gasteiger partial charge on any atom is -0.444 e. The van der Waals surface area contributed by atoms with E-state index in [9.17, 15) is 9.59 Å². The molecule has 2 amide bonds. The van der Waals surface area contributed by atoms with E-state index in [1.807, 2.05) is 51.1 Å². The van der Waals surface area contributed by atoms with Crippen LogP contribution >= 0.6 is 0 Å². The van der Waals surface area contributed by atoms with E-state index in [0.717, 1.165) is 37.7 Å². The molecule has 6 heteroatoms. The molecule has 2 aromatic carbocycles. The van der Waals surface area contributed by atoms with Crippen LogP contribution in [0.15, 0.2) is 54.6 Å². The molecule has 0 radical (unpaired) electrons. The second-order valence-electron chi connectivity index (χ2n) is 11.5. The van der Waals surface area contributed by atoms with E-state index >= 15 is 0 Å². The lowest BCUT2D eigenvalue weighted by Crippen LogP contribution is -2.55. The molecule has 3 rings (SSSR count). The maximum Gasteiger partial charge on any atom is 0.408 e. The Labute approximate surface area is 216 Å². The molecule has 1 aliphatic carbocycles. The molecule has 1 atom stereocenters. The van der Waals surface area contributed by atoms with Gasteiger partial charge in [0.05, 0.1) is 0 Å². The van der Waals surface area contributed by atoms with Crippen LogP contribution in [-0.2, 0) is 22.4 Å². The van der Waals surface area contributed by atoms with E-state index in [2.05, 4.69) is 60.8 Å². The van der Waals surface area contributed by atoms with E-state index in [1.54, 1.807) is 0 Å². The highest BCUT2D eigenvalue weighted by Crippen LogP contribution is 2.35. The van der Waals surface area contributed by atoms with Crippen LogP contribution in [0, 0.1) is 6.92 Å². The molecule has 0 aromatic heterocycles. The Morgan fingerprint density at radius 2 is 1.61 bits per heavy atom. The molecule has 1 fully saturated rings. The average Bonchev–Trinajstić information content (AvgIpc) is 2.81. The molecule has 0 bridgehead atoms. The number of amides is 2. The third kappa shape index (κ3) is 8.09. The summed E-state index contributed by atoms with van der Waals surface area (Å²) in [6, 6.07) is 17.9. The van der Waals surface area contributed by atoms with E-state index in [0.29, 0.717) is 6.42 Å². The van der Waals surface area contributed by atoms with E-state index < -0.39 is 17.7 Å². The zero-order valence-electron chi connectivity index (χ0n) is 22.8. The molecule has 1 saturated carbocycles. The number of hydrogen-bond acceptors (Lipinski definition) is 4. The second-order valence-corrected chi connectivity index (χ2v) is 11.5. The average molecular weight is 494 g/mol. The summed E-state index contributed by atoms with van der Waals surface area (Å²) < 4.78 is 5.43. The van der Waals surface area contributed by atoms with Gasteiger partial charge in [-0.15, -0.1) is 0 Å². The molecule has 0 saturated heterocycles. The van der Waals surface area contributed by atoms with Gasteiger partial charge in [-0.3, -0.25) is 4.79 Å². The Morgan fingerprint density at radius 1 is 1.00 bits per heavy atom. The van der Waals surface area contributed by atoms with Gasteiger partial charge in [-0.1, -0.05) is 60.2 Å². The van der Waals surface area contributed by atoms with Gasteiger partial charge in [0.15, 0.2) is 0 Å². The molecule has 1 aliphatic rings. The highest BCUT2D eigenvalue weighted by molar-refractivity contribution is 5.86. The van der Waals surface area contributed by atoms with Crippen LogP contribution in [0.4, 0.5) is 4.79 Å². The number of benzene rings is 2. The van der Waals surface area contributed by atoms with Crippen molar-refractivity contribution in [3.8, 4) is 0 Å². The summed E-state index contributed by atoms with van der Waals surface area (Å²) in [6.45, 7) is 7.56. The first-order valence-corrected chi connectivity index (χ1v) is 13.0. The van der Waals surface area contributed by atoms with Crippen molar-refractivity contribution in [1.82, 2.24) is 15.5 Å². The second kappa shape index (κ2) is 11.9. The summed E-state index contributed by atoms with van der Waals surface area (Å²) in [6.07, 6.45) is 4.64. The predicted molar refractivity (Wildman–Crippen MR) is 145 cm³/mol. The van der Waals surface area contributed by atoms with Crippen LogP contribution < -0.4 is 10.6 Å². The van der Waals surface area contributed by atoms with Crippen molar-refractivity contribution in [2.75, 3.05) is 14.1 Å². The van der Waals surface area contributed by atoms with Crippen molar-refractivity contribution in [2.24, 2.45) is 0 Å². The Morgan fingerprint density at radius 3 is 2.17 bits per heavy atom. The van der Waals surface area contributed by atoms with Gasteiger partial charge in [0.1, 0.15) is 11.6 Å². The maximum absolute atomic E-state index is 13.3. The lowest BCUT2D eigenvalue weighted by atomic mass is 9.74. The fraction of sp³-hybridized carbons (Fsp3) is 0.533. The van der Waals surface area contributed by atoms with Crippen molar-refractivity contribution in [3.05, 3.63) is 71.3 Å². The SMILES string of the molecule is Cc1ccc(CC2(N(C)C)CCC(NC(=O)C(Cc3ccccc3)NC(=O)OC(C)(C)C)CC2)cc1. The highest BCUT2D eigenvalue weighted by Gasteiger charge is 2.38. The summed E-state index contributed by atoms with van der Waals surface area (Å²) in [5, 5.41) is 6.03. The first-order chi connectivity index (χ1) is 17.0. The van der Waals surface area contributed by atoms with Gasteiger partial charge in [-0.25, -0.2) is 4.79 Å². The molecular formula is C30H43N3O3. The number of alkyl carbamates (subject to hydrolysis) is 1. The zero-order valence-corrected chi connectivity index (χ0v) is 22.8. The van der Waals surface area contributed by atoms with Gasteiger partial charge in [0.2, 0.25) is 5.91 Å². The summed E-state index contributed by atoms with van der Waals surface area (Å²) in [5.41, 5.74) is 3.06. The van der Waals surface area contributed by atoms with Crippen molar-refractivity contribution in [2.45, 2.75) is 89.4 Å². The summed E-state index contributed by atoms with van der Waals surface area (Å²) in [4.78, 5) is 28.2. The lowest BCUT2D eigenvalue weighted by molar-refractivity contribution is -0.124. The van der Waals surface area contributed by atoms with Crippen molar-refractivity contribution < 1.29 is 14.3 Å². The molecule has 196 valence electrons.